The second kappa shape index (κ2) is 10.7. The van der Waals surface area contributed by atoms with Gasteiger partial charge in [-0.1, -0.05) is 0 Å². The van der Waals surface area contributed by atoms with Crippen LogP contribution in [-0.4, -0.2) is 69.3 Å². The zero-order valence-corrected chi connectivity index (χ0v) is 12.1. The Hall–Kier alpha value is -0.160. The van der Waals surface area contributed by atoms with Crippen molar-refractivity contribution in [3.8, 4) is 0 Å². The van der Waals surface area contributed by atoms with E-state index in [9.17, 15) is 0 Å². The van der Waals surface area contributed by atoms with Crippen LogP contribution in [0.4, 0.5) is 0 Å². The maximum Gasteiger partial charge on any atom is 0.0462 e. The highest BCUT2D eigenvalue weighted by atomic mass is 16.5. The molecule has 18 heavy (non-hydrogen) atoms. The first-order chi connectivity index (χ1) is 8.86. The molecule has 1 heterocycles. The topological polar surface area (TPSA) is 41.7 Å². The van der Waals surface area contributed by atoms with Crippen LogP contribution in [0.3, 0.4) is 0 Å². The number of nitrogens with zero attached hydrogens (tertiary/aromatic N) is 2. The Bertz CT molecular complexity index is 190. The number of unbranched alkanes of at least 4 members (excludes halogenated alkanes) is 2. The van der Waals surface area contributed by atoms with Gasteiger partial charge in [0.25, 0.3) is 0 Å². The SMILES string of the molecule is COCCCCN1CCCN(CCCCN)CC1. The number of methoxy groups -OCH3 is 1. The van der Waals surface area contributed by atoms with Gasteiger partial charge in [-0.25, -0.2) is 0 Å². The molecule has 1 rings (SSSR count). The maximum atomic E-state index is 5.54. The van der Waals surface area contributed by atoms with Gasteiger partial charge in [0.05, 0.1) is 0 Å². The second-order valence-electron chi connectivity index (χ2n) is 5.23. The van der Waals surface area contributed by atoms with Gasteiger partial charge in [0.15, 0.2) is 0 Å². The van der Waals surface area contributed by atoms with Crippen molar-refractivity contribution in [3.05, 3.63) is 0 Å². The second-order valence-corrected chi connectivity index (χ2v) is 5.23. The molecule has 0 bridgehead atoms. The third kappa shape index (κ3) is 7.31. The van der Waals surface area contributed by atoms with E-state index in [1.165, 1.54) is 65.0 Å². The molecular weight excluding hydrogens is 226 g/mol. The Morgan fingerprint density at radius 3 is 2.06 bits per heavy atom. The molecule has 0 aromatic carbocycles. The largest absolute Gasteiger partial charge is 0.385 e. The van der Waals surface area contributed by atoms with E-state index in [1.807, 2.05) is 0 Å². The van der Waals surface area contributed by atoms with E-state index in [1.54, 1.807) is 7.11 Å². The lowest BCUT2D eigenvalue weighted by Crippen LogP contribution is -2.32. The molecule has 0 spiro atoms. The first-order valence-corrected chi connectivity index (χ1v) is 7.50. The highest BCUT2D eigenvalue weighted by molar-refractivity contribution is 4.69. The van der Waals surface area contributed by atoms with Crippen molar-refractivity contribution >= 4 is 0 Å². The molecule has 1 aliphatic heterocycles. The Kier molecular flexibility index (Phi) is 9.48. The molecule has 0 aromatic heterocycles. The molecule has 0 aromatic rings. The Morgan fingerprint density at radius 1 is 0.889 bits per heavy atom. The summed E-state index contributed by atoms with van der Waals surface area (Å²) in [6, 6.07) is 0. The molecule has 0 atom stereocenters. The Balaban J connectivity index is 2.08. The average molecular weight is 257 g/mol. The molecule has 0 aliphatic carbocycles. The summed E-state index contributed by atoms with van der Waals surface area (Å²) in [4.78, 5) is 5.21. The molecule has 4 nitrogen and oxygen atoms in total. The summed E-state index contributed by atoms with van der Waals surface area (Å²) in [7, 11) is 1.78. The summed E-state index contributed by atoms with van der Waals surface area (Å²) in [6.45, 7) is 9.19. The normalized spacial score (nSPS) is 19.0. The van der Waals surface area contributed by atoms with Gasteiger partial charge in [0.1, 0.15) is 0 Å². The highest BCUT2D eigenvalue weighted by Gasteiger charge is 2.13. The summed E-state index contributed by atoms with van der Waals surface area (Å²) in [5.41, 5.74) is 5.54. The summed E-state index contributed by atoms with van der Waals surface area (Å²) in [5, 5.41) is 0. The number of nitrogens with two attached hydrogens (primary N) is 1. The summed E-state index contributed by atoms with van der Waals surface area (Å²) >= 11 is 0. The quantitative estimate of drug-likeness (QED) is 0.629. The van der Waals surface area contributed by atoms with Gasteiger partial charge in [-0.2, -0.15) is 0 Å². The predicted octanol–water partition coefficient (Wildman–Crippen LogP) is 1.16. The van der Waals surface area contributed by atoms with Gasteiger partial charge in [-0.15, -0.1) is 0 Å². The number of ether oxygens (including phenoxy) is 1. The average Bonchev–Trinajstić information content (AvgIpc) is 2.61. The van der Waals surface area contributed by atoms with Crippen LogP contribution in [-0.2, 0) is 4.74 Å². The Labute approximate surface area is 112 Å². The van der Waals surface area contributed by atoms with Crippen molar-refractivity contribution in [1.29, 1.82) is 0 Å². The molecule has 0 amide bonds. The lowest BCUT2D eigenvalue weighted by molar-refractivity contribution is 0.184. The van der Waals surface area contributed by atoms with Crippen LogP contribution in [0.1, 0.15) is 32.1 Å². The minimum atomic E-state index is 0.833. The molecule has 2 N–H and O–H groups in total. The zero-order chi connectivity index (χ0) is 13.1. The fourth-order valence-electron chi connectivity index (χ4n) is 2.53. The van der Waals surface area contributed by atoms with Crippen LogP contribution in [0.5, 0.6) is 0 Å². The standard InChI is InChI=1S/C14H31N3O/c1-18-14-5-4-9-17-11-6-10-16(12-13-17)8-3-2-7-15/h2-15H2,1H3. The third-order valence-electron chi connectivity index (χ3n) is 3.68. The molecule has 0 saturated carbocycles. The highest BCUT2D eigenvalue weighted by Crippen LogP contribution is 2.06. The van der Waals surface area contributed by atoms with E-state index >= 15 is 0 Å². The minimum absolute atomic E-state index is 0.833. The van der Waals surface area contributed by atoms with Crippen molar-refractivity contribution in [2.24, 2.45) is 5.73 Å². The summed E-state index contributed by atoms with van der Waals surface area (Å²) in [5.74, 6) is 0. The van der Waals surface area contributed by atoms with Crippen LogP contribution < -0.4 is 5.73 Å². The van der Waals surface area contributed by atoms with Crippen molar-refractivity contribution in [1.82, 2.24) is 9.80 Å². The molecule has 1 fully saturated rings. The van der Waals surface area contributed by atoms with Crippen LogP contribution in [0, 0.1) is 0 Å². The van der Waals surface area contributed by atoms with Gasteiger partial charge >= 0.3 is 0 Å². The van der Waals surface area contributed by atoms with Crippen molar-refractivity contribution in [2.45, 2.75) is 32.1 Å². The van der Waals surface area contributed by atoms with Crippen molar-refractivity contribution < 1.29 is 4.74 Å². The summed E-state index contributed by atoms with van der Waals surface area (Å²) in [6.07, 6.45) is 6.18. The molecule has 1 aliphatic rings. The van der Waals surface area contributed by atoms with Gasteiger partial charge in [-0.3, -0.25) is 0 Å². The third-order valence-corrected chi connectivity index (χ3v) is 3.68. The van der Waals surface area contributed by atoms with Gasteiger partial charge in [-0.05, 0) is 64.8 Å². The first-order valence-electron chi connectivity index (χ1n) is 7.50. The van der Waals surface area contributed by atoms with Crippen molar-refractivity contribution in [3.63, 3.8) is 0 Å². The van der Waals surface area contributed by atoms with Crippen LogP contribution in [0.15, 0.2) is 0 Å². The predicted molar refractivity (Wildman–Crippen MR) is 76.9 cm³/mol. The van der Waals surface area contributed by atoms with E-state index in [0.717, 1.165) is 19.6 Å². The molecule has 1 saturated heterocycles. The number of rotatable bonds is 9. The van der Waals surface area contributed by atoms with Gasteiger partial charge in [0, 0.05) is 26.8 Å². The van der Waals surface area contributed by atoms with E-state index in [0.29, 0.717) is 0 Å². The first kappa shape index (κ1) is 15.9. The fourth-order valence-corrected chi connectivity index (χ4v) is 2.53. The Morgan fingerprint density at radius 2 is 1.50 bits per heavy atom. The zero-order valence-electron chi connectivity index (χ0n) is 12.1. The minimum Gasteiger partial charge on any atom is -0.385 e. The van der Waals surface area contributed by atoms with E-state index in [2.05, 4.69) is 9.80 Å². The molecular formula is C14H31N3O. The van der Waals surface area contributed by atoms with E-state index in [-0.39, 0.29) is 0 Å². The lowest BCUT2D eigenvalue weighted by Gasteiger charge is -2.21. The van der Waals surface area contributed by atoms with Crippen molar-refractivity contribution in [2.75, 3.05) is 59.5 Å². The van der Waals surface area contributed by atoms with Gasteiger partial charge < -0.3 is 20.3 Å². The number of hydrogen-bond acceptors (Lipinski definition) is 4. The van der Waals surface area contributed by atoms with Crippen LogP contribution in [0.2, 0.25) is 0 Å². The van der Waals surface area contributed by atoms with Gasteiger partial charge in [0.2, 0.25) is 0 Å². The molecule has 108 valence electrons. The number of hydrogen-bond donors (Lipinski definition) is 1. The summed E-state index contributed by atoms with van der Waals surface area (Å²) < 4.78 is 5.09. The van der Waals surface area contributed by atoms with E-state index < -0.39 is 0 Å². The van der Waals surface area contributed by atoms with Crippen LogP contribution in [0.25, 0.3) is 0 Å². The fraction of sp³-hybridized carbons (Fsp3) is 1.00. The maximum absolute atomic E-state index is 5.54. The molecule has 0 radical (unpaired) electrons. The van der Waals surface area contributed by atoms with E-state index in [4.69, 9.17) is 10.5 Å². The smallest absolute Gasteiger partial charge is 0.0462 e. The molecule has 4 heteroatoms. The van der Waals surface area contributed by atoms with Crippen LogP contribution >= 0.6 is 0 Å². The molecule has 0 unspecified atom stereocenters. The lowest BCUT2D eigenvalue weighted by atomic mass is 10.3. The monoisotopic (exact) mass is 257 g/mol.